The Balaban J connectivity index is 1.91. The number of phenolic OH excluding ortho intramolecular Hbond substituents is 1. The lowest BCUT2D eigenvalue weighted by Gasteiger charge is -2.34. The first-order valence-corrected chi connectivity index (χ1v) is 7.67. The van der Waals surface area contributed by atoms with Crippen molar-refractivity contribution >= 4 is 11.6 Å². The smallest absolute Gasteiger partial charge is 0.268 e. The van der Waals surface area contributed by atoms with E-state index in [1.54, 1.807) is 24.2 Å². The number of aromatic hydroxyl groups is 1. The van der Waals surface area contributed by atoms with Crippen LogP contribution in [-0.2, 0) is 11.2 Å². The average Bonchev–Trinajstić information content (AvgIpc) is 2.58. The molecule has 0 saturated carbocycles. The third-order valence-corrected chi connectivity index (χ3v) is 3.91. The number of rotatable bonds is 5. The van der Waals surface area contributed by atoms with Crippen LogP contribution in [0.15, 0.2) is 55.1 Å². The van der Waals surface area contributed by atoms with Gasteiger partial charge in [-0.3, -0.25) is 4.79 Å². The van der Waals surface area contributed by atoms with E-state index in [4.69, 9.17) is 9.47 Å². The molecule has 124 valence electrons. The first-order valence-electron chi connectivity index (χ1n) is 7.67. The zero-order valence-electron chi connectivity index (χ0n) is 13.4. The van der Waals surface area contributed by atoms with Crippen LogP contribution in [0.3, 0.4) is 0 Å². The molecule has 0 spiro atoms. The van der Waals surface area contributed by atoms with Crippen LogP contribution in [0.1, 0.15) is 5.56 Å². The lowest BCUT2D eigenvalue weighted by Crippen LogP contribution is -2.47. The molecule has 5 heteroatoms. The van der Waals surface area contributed by atoms with Gasteiger partial charge in [0.25, 0.3) is 5.91 Å². The molecule has 0 bridgehead atoms. The van der Waals surface area contributed by atoms with E-state index in [0.717, 1.165) is 11.3 Å². The molecule has 1 heterocycles. The number of anilines is 1. The molecule has 0 fully saturated rings. The second-order valence-electron chi connectivity index (χ2n) is 5.55. The molecule has 0 aliphatic carbocycles. The lowest BCUT2D eigenvalue weighted by molar-refractivity contribution is -0.126. The lowest BCUT2D eigenvalue weighted by atomic mass is 10.0. The molecule has 1 unspecified atom stereocenters. The summed E-state index contributed by atoms with van der Waals surface area (Å²) in [6.45, 7) is 4.09. The number of hydrogen-bond acceptors (Lipinski definition) is 4. The van der Waals surface area contributed by atoms with Gasteiger partial charge in [-0.2, -0.15) is 0 Å². The number of phenols is 1. The Morgan fingerprint density at radius 1 is 1.33 bits per heavy atom. The van der Waals surface area contributed by atoms with Crippen molar-refractivity contribution < 1.29 is 19.4 Å². The molecule has 2 aromatic carbocycles. The Labute approximate surface area is 140 Å². The molecule has 0 radical (unpaired) electrons. The van der Waals surface area contributed by atoms with Crippen molar-refractivity contribution in [3.8, 4) is 17.2 Å². The second-order valence-corrected chi connectivity index (χ2v) is 5.55. The Bertz CT molecular complexity index is 772. The van der Waals surface area contributed by atoms with Gasteiger partial charge in [0.05, 0.1) is 12.8 Å². The fourth-order valence-electron chi connectivity index (χ4n) is 2.78. The van der Waals surface area contributed by atoms with Gasteiger partial charge >= 0.3 is 0 Å². The number of methoxy groups -OCH3 is 1. The fraction of sp³-hybridized carbons (Fsp3) is 0.211. The van der Waals surface area contributed by atoms with E-state index < -0.39 is 6.10 Å². The second kappa shape index (κ2) is 6.66. The van der Waals surface area contributed by atoms with Gasteiger partial charge in [-0.05, 0) is 29.8 Å². The summed E-state index contributed by atoms with van der Waals surface area (Å²) < 4.78 is 11.1. The van der Waals surface area contributed by atoms with Crippen molar-refractivity contribution in [1.29, 1.82) is 0 Å². The van der Waals surface area contributed by atoms with Crippen LogP contribution >= 0.6 is 0 Å². The van der Waals surface area contributed by atoms with Crippen molar-refractivity contribution in [1.82, 2.24) is 0 Å². The van der Waals surface area contributed by atoms with Crippen molar-refractivity contribution in [2.45, 2.75) is 12.5 Å². The van der Waals surface area contributed by atoms with Gasteiger partial charge in [0.1, 0.15) is 17.2 Å². The van der Waals surface area contributed by atoms with Gasteiger partial charge < -0.3 is 19.5 Å². The highest BCUT2D eigenvalue weighted by atomic mass is 16.5. The van der Waals surface area contributed by atoms with Gasteiger partial charge in [0.2, 0.25) is 0 Å². The fourth-order valence-corrected chi connectivity index (χ4v) is 2.78. The van der Waals surface area contributed by atoms with E-state index in [-0.39, 0.29) is 11.7 Å². The molecule has 1 aliphatic rings. The predicted octanol–water partition coefficient (Wildman–Crippen LogP) is 2.92. The summed E-state index contributed by atoms with van der Waals surface area (Å²) in [4.78, 5) is 14.4. The van der Waals surface area contributed by atoms with Crippen molar-refractivity contribution in [3.05, 3.63) is 60.7 Å². The Morgan fingerprint density at radius 3 is 2.92 bits per heavy atom. The van der Waals surface area contributed by atoms with E-state index in [1.807, 2.05) is 24.3 Å². The van der Waals surface area contributed by atoms with Crippen molar-refractivity contribution in [2.24, 2.45) is 0 Å². The van der Waals surface area contributed by atoms with Crippen LogP contribution < -0.4 is 14.4 Å². The van der Waals surface area contributed by atoms with Crippen LogP contribution in [0.2, 0.25) is 0 Å². The summed E-state index contributed by atoms with van der Waals surface area (Å²) in [6.07, 6.45) is 1.42. The number of carbonyl (C=O) groups excluding carboxylic acids is 1. The normalized spacial score (nSPS) is 16.3. The highest BCUT2D eigenvalue weighted by molar-refractivity contribution is 6.00. The Hall–Kier alpha value is -2.95. The molecule has 0 saturated heterocycles. The number of hydrogen-bond donors (Lipinski definition) is 1. The molecular formula is C19H19NO4. The summed E-state index contributed by atoms with van der Waals surface area (Å²) >= 11 is 0. The number of nitrogens with zero attached hydrogens (tertiary/aromatic N) is 1. The van der Waals surface area contributed by atoms with Crippen LogP contribution in [0.25, 0.3) is 0 Å². The zero-order chi connectivity index (χ0) is 17.1. The number of amides is 1. The van der Waals surface area contributed by atoms with Crippen LogP contribution in [-0.4, -0.2) is 30.8 Å². The Morgan fingerprint density at radius 2 is 2.17 bits per heavy atom. The van der Waals surface area contributed by atoms with Gasteiger partial charge in [-0.15, -0.1) is 6.58 Å². The van der Waals surface area contributed by atoms with Gasteiger partial charge in [0.15, 0.2) is 6.10 Å². The SMILES string of the molecule is C=CCN1C(=O)C(Cc2cccc(OC)c2)Oc2cc(O)ccc21. The predicted molar refractivity (Wildman–Crippen MR) is 91.8 cm³/mol. The maximum atomic E-state index is 12.8. The molecule has 0 aromatic heterocycles. The highest BCUT2D eigenvalue weighted by Crippen LogP contribution is 2.37. The van der Waals surface area contributed by atoms with E-state index in [0.29, 0.717) is 24.4 Å². The van der Waals surface area contributed by atoms with E-state index in [9.17, 15) is 9.90 Å². The van der Waals surface area contributed by atoms with Crippen LogP contribution in [0.5, 0.6) is 17.2 Å². The molecular weight excluding hydrogens is 306 g/mol. The first kappa shape index (κ1) is 15.9. The van der Waals surface area contributed by atoms with Gasteiger partial charge in [-0.25, -0.2) is 0 Å². The molecule has 5 nitrogen and oxygen atoms in total. The topological polar surface area (TPSA) is 59.0 Å². The summed E-state index contributed by atoms with van der Waals surface area (Å²) in [7, 11) is 1.60. The van der Waals surface area contributed by atoms with E-state index in [1.165, 1.54) is 12.1 Å². The van der Waals surface area contributed by atoms with Crippen LogP contribution in [0.4, 0.5) is 5.69 Å². The van der Waals surface area contributed by atoms with Crippen LogP contribution in [0, 0.1) is 0 Å². The Kier molecular flexibility index (Phi) is 4.42. The number of ether oxygens (including phenoxy) is 2. The van der Waals surface area contributed by atoms with E-state index in [2.05, 4.69) is 6.58 Å². The molecule has 1 aliphatic heterocycles. The van der Waals surface area contributed by atoms with Gasteiger partial charge in [0, 0.05) is 19.0 Å². The standard InChI is InChI=1S/C19H19NO4/c1-3-9-20-16-8-7-14(21)12-17(16)24-18(19(20)22)11-13-5-4-6-15(10-13)23-2/h3-8,10,12,18,21H,1,9,11H2,2H3. The molecule has 24 heavy (non-hydrogen) atoms. The largest absolute Gasteiger partial charge is 0.508 e. The van der Waals surface area contributed by atoms with E-state index >= 15 is 0 Å². The summed E-state index contributed by atoms with van der Waals surface area (Å²) in [6, 6.07) is 12.3. The summed E-state index contributed by atoms with van der Waals surface area (Å²) in [5, 5.41) is 9.69. The maximum absolute atomic E-state index is 12.8. The number of carbonyl (C=O) groups is 1. The summed E-state index contributed by atoms with van der Waals surface area (Å²) in [5.74, 6) is 1.19. The highest BCUT2D eigenvalue weighted by Gasteiger charge is 2.34. The van der Waals surface area contributed by atoms with Gasteiger partial charge in [-0.1, -0.05) is 18.2 Å². The minimum Gasteiger partial charge on any atom is -0.508 e. The molecule has 1 N–H and O–H groups in total. The molecule has 1 atom stereocenters. The first-order chi connectivity index (χ1) is 11.6. The zero-order valence-corrected chi connectivity index (χ0v) is 13.4. The molecule has 2 aromatic rings. The molecule has 1 amide bonds. The molecule has 3 rings (SSSR count). The number of fused-ring (bicyclic) bond motifs is 1. The van der Waals surface area contributed by atoms with Crippen molar-refractivity contribution in [3.63, 3.8) is 0 Å². The minimum absolute atomic E-state index is 0.0989. The minimum atomic E-state index is -0.661. The summed E-state index contributed by atoms with van der Waals surface area (Å²) in [5.41, 5.74) is 1.58. The van der Waals surface area contributed by atoms with Crippen molar-refractivity contribution in [2.75, 3.05) is 18.6 Å². The number of benzene rings is 2. The third-order valence-electron chi connectivity index (χ3n) is 3.91. The third kappa shape index (κ3) is 3.06. The quantitative estimate of drug-likeness (QED) is 0.859. The maximum Gasteiger partial charge on any atom is 0.268 e. The average molecular weight is 325 g/mol. The monoisotopic (exact) mass is 325 g/mol.